The molecular weight excluding hydrogens is 214 g/mol. The minimum atomic E-state index is 0.519. The molecule has 0 fully saturated rings. The maximum atomic E-state index is 5.39. The van der Waals surface area contributed by atoms with Crippen molar-refractivity contribution in [1.82, 2.24) is 9.97 Å². The lowest BCUT2D eigenvalue weighted by molar-refractivity contribution is 0.369. The van der Waals surface area contributed by atoms with Gasteiger partial charge in [-0.2, -0.15) is 21.7 Å². The monoisotopic (exact) mass is 229 g/mol. The highest BCUT2D eigenvalue weighted by atomic mass is 32.2. The van der Waals surface area contributed by atoms with E-state index < -0.39 is 0 Å². The highest BCUT2D eigenvalue weighted by Crippen LogP contribution is 2.17. The molecule has 0 atom stereocenters. The quantitative estimate of drug-likeness (QED) is 0.724. The van der Waals surface area contributed by atoms with Crippen molar-refractivity contribution in [3.8, 4) is 11.8 Å². The smallest absolute Gasteiger partial charge is 0.220 e. The van der Waals surface area contributed by atoms with Gasteiger partial charge in [-0.05, 0) is 0 Å². The Kier molecular flexibility index (Phi) is 5.20. The third-order valence-electron chi connectivity index (χ3n) is 1.64. The first-order chi connectivity index (χ1) is 7.30. The minimum absolute atomic E-state index is 0.519. The summed E-state index contributed by atoms with van der Waals surface area (Å²) in [6.07, 6.45) is 0. The SMILES string of the molecule is COc1cc(OC)nc(CSCCN)n1. The van der Waals surface area contributed by atoms with E-state index in [1.54, 1.807) is 32.0 Å². The van der Waals surface area contributed by atoms with Gasteiger partial charge in [0.05, 0.1) is 26.0 Å². The molecule has 84 valence electrons. The summed E-state index contributed by atoms with van der Waals surface area (Å²) in [4.78, 5) is 8.39. The number of hydrogen-bond donors (Lipinski definition) is 1. The van der Waals surface area contributed by atoms with Crippen molar-refractivity contribution >= 4 is 11.8 Å². The Bertz CT molecular complexity index is 287. The topological polar surface area (TPSA) is 70.3 Å². The fraction of sp³-hybridized carbons (Fsp3) is 0.556. The molecule has 0 radical (unpaired) electrons. The number of methoxy groups -OCH3 is 2. The molecule has 5 nitrogen and oxygen atoms in total. The normalized spacial score (nSPS) is 10.1. The van der Waals surface area contributed by atoms with E-state index in [1.165, 1.54) is 0 Å². The Morgan fingerprint density at radius 3 is 2.33 bits per heavy atom. The van der Waals surface area contributed by atoms with E-state index in [4.69, 9.17) is 15.2 Å². The molecule has 2 N–H and O–H groups in total. The predicted molar refractivity (Wildman–Crippen MR) is 60.4 cm³/mol. The van der Waals surface area contributed by atoms with Gasteiger partial charge in [-0.15, -0.1) is 0 Å². The molecule has 1 aromatic rings. The zero-order valence-electron chi connectivity index (χ0n) is 8.90. The van der Waals surface area contributed by atoms with Crippen LogP contribution in [0.5, 0.6) is 11.8 Å². The van der Waals surface area contributed by atoms with Crippen LogP contribution in [0.1, 0.15) is 5.82 Å². The van der Waals surface area contributed by atoms with Gasteiger partial charge in [-0.3, -0.25) is 0 Å². The maximum Gasteiger partial charge on any atom is 0.220 e. The Morgan fingerprint density at radius 2 is 1.87 bits per heavy atom. The molecule has 1 aromatic heterocycles. The minimum Gasteiger partial charge on any atom is -0.481 e. The first-order valence-corrected chi connectivity index (χ1v) is 5.69. The Hall–Kier alpha value is -1.01. The van der Waals surface area contributed by atoms with E-state index in [9.17, 15) is 0 Å². The van der Waals surface area contributed by atoms with E-state index in [2.05, 4.69) is 9.97 Å². The van der Waals surface area contributed by atoms with E-state index >= 15 is 0 Å². The van der Waals surface area contributed by atoms with Gasteiger partial charge in [-0.25, -0.2) is 0 Å². The predicted octanol–water partition coefficient (Wildman–Crippen LogP) is 0.686. The van der Waals surface area contributed by atoms with E-state index in [0.29, 0.717) is 29.9 Å². The molecule has 0 saturated heterocycles. The van der Waals surface area contributed by atoms with Crippen molar-refractivity contribution in [2.24, 2.45) is 5.73 Å². The van der Waals surface area contributed by atoms with Crippen molar-refractivity contribution in [2.75, 3.05) is 26.5 Å². The van der Waals surface area contributed by atoms with Crippen LogP contribution in [-0.4, -0.2) is 36.5 Å². The molecule has 0 aliphatic rings. The third kappa shape index (κ3) is 3.93. The van der Waals surface area contributed by atoms with Crippen LogP contribution < -0.4 is 15.2 Å². The lowest BCUT2D eigenvalue weighted by Gasteiger charge is -2.05. The van der Waals surface area contributed by atoms with Crippen LogP contribution in [0.15, 0.2) is 6.07 Å². The highest BCUT2D eigenvalue weighted by Gasteiger charge is 2.04. The van der Waals surface area contributed by atoms with Crippen LogP contribution in [0.3, 0.4) is 0 Å². The van der Waals surface area contributed by atoms with Gasteiger partial charge in [0.1, 0.15) is 5.82 Å². The van der Waals surface area contributed by atoms with Gasteiger partial charge in [0.15, 0.2) is 0 Å². The fourth-order valence-electron chi connectivity index (χ4n) is 0.970. The summed E-state index contributed by atoms with van der Waals surface area (Å²) in [5.41, 5.74) is 5.39. The van der Waals surface area contributed by atoms with E-state index in [1.807, 2.05) is 0 Å². The number of nitrogens with two attached hydrogens (primary N) is 1. The lowest BCUT2D eigenvalue weighted by Crippen LogP contribution is -2.03. The first kappa shape index (κ1) is 12.1. The number of nitrogens with zero attached hydrogens (tertiary/aromatic N) is 2. The summed E-state index contributed by atoms with van der Waals surface area (Å²) >= 11 is 1.68. The fourth-order valence-corrected chi connectivity index (χ4v) is 1.59. The van der Waals surface area contributed by atoms with Crippen molar-refractivity contribution < 1.29 is 9.47 Å². The largest absolute Gasteiger partial charge is 0.481 e. The highest BCUT2D eigenvalue weighted by molar-refractivity contribution is 7.98. The number of thioether (sulfide) groups is 1. The van der Waals surface area contributed by atoms with E-state index in [0.717, 1.165) is 5.75 Å². The summed E-state index contributed by atoms with van der Waals surface area (Å²) in [6.45, 7) is 0.659. The standard InChI is InChI=1S/C9H15N3O2S/c1-13-8-5-9(14-2)12-7(11-8)6-15-4-3-10/h5H,3-4,6,10H2,1-2H3. The summed E-state index contributed by atoms with van der Waals surface area (Å²) in [7, 11) is 3.14. The zero-order chi connectivity index (χ0) is 11.1. The van der Waals surface area contributed by atoms with E-state index in [-0.39, 0.29) is 0 Å². The average molecular weight is 229 g/mol. The summed E-state index contributed by atoms with van der Waals surface area (Å²) in [6, 6.07) is 1.65. The molecule has 0 saturated carbocycles. The first-order valence-electron chi connectivity index (χ1n) is 4.54. The van der Waals surface area contributed by atoms with Gasteiger partial charge in [0.25, 0.3) is 0 Å². The average Bonchev–Trinajstić information content (AvgIpc) is 2.29. The van der Waals surface area contributed by atoms with Gasteiger partial charge in [0, 0.05) is 12.3 Å². The van der Waals surface area contributed by atoms with Crippen LogP contribution in [-0.2, 0) is 5.75 Å². The second-order valence-electron chi connectivity index (χ2n) is 2.71. The molecule has 0 bridgehead atoms. The van der Waals surface area contributed by atoms with Crippen LogP contribution in [0.25, 0.3) is 0 Å². The molecule has 0 aliphatic carbocycles. The maximum absolute atomic E-state index is 5.39. The Labute approximate surface area is 93.4 Å². The summed E-state index contributed by atoms with van der Waals surface area (Å²) in [5, 5.41) is 0. The van der Waals surface area contributed by atoms with Crippen molar-refractivity contribution in [3.63, 3.8) is 0 Å². The van der Waals surface area contributed by atoms with Crippen LogP contribution >= 0.6 is 11.8 Å². The molecule has 6 heteroatoms. The third-order valence-corrected chi connectivity index (χ3v) is 2.62. The second-order valence-corrected chi connectivity index (χ2v) is 3.82. The Morgan fingerprint density at radius 1 is 1.27 bits per heavy atom. The molecule has 0 spiro atoms. The number of ether oxygens (including phenoxy) is 2. The Balaban J connectivity index is 2.68. The van der Waals surface area contributed by atoms with Crippen molar-refractivity contribution in [3.05, 3.63) is 11.9 Å². The van der Waals surface area contributed by atoms with Crippen LogP contribution in [0.4, 0.5) is 0 Å². The van der Waals surface area contributed by atoms with Crippen molar-refractivity contribution in [2.45, 2.75) is 5.75 Å². The molecule has 0 unspecified atom stereocenters. The summed E-state index contributed by atoms with van der Waals surface area (Å²) < 4.78 is 10.1. The van der Waals surface area contributed by atoms with Gasteiger partial charge in [0.2, 0.25) is 11.8 Å². The van der Waals surface area contributed by atoms with Gasteiger partial charge < -0.3 is 15.2 Å². The van der Waals surface area contributed by atoms with Gasteiger partial charge >= 0.3 is 0 Å². The van der Waals surface area contributed by atoms with Crippen LogP contribution in [0.2, 0.25) is 0 Å². The summed E-state index contributed by atoms with van der Waals surface area (Å²) in [5.74, 6) is 3.34. The van der Waals surface area contributed by atoms with Gasteiger partial charge in [-0.1, -0.05) is 0 Å². The molecule has 1 heterocycles. The lowest BCUT2D eigenvalue weighted by atomic mass is 10.5. The number of rotatable bonds is 6. The second kappa shape index (κ2) is 6.47. The zero-order valence-corrected chi connectivity index (χ0v) is 9.71. The molecule has 15 heavy (non-hydrogen) atoms. The molecule has 0 aliphatic heterocycles. The molecule has 0 amide bonds. The van der Waals surface area contributed by atoms with Crippen LogP contribution in [0, 0.1) is 0 Å². The molecule has 0 aromatic carbocycles. The molecular formula is C9H15N3O2S. The molecule has 1 rings (SSSR count). The van der Waals surface area contributed by atoms with Crippen molar-refractivity contribution in [1.29, 1.82) is 0 Å². The number of aromatic nitrogens is 2. The number of hydrogen-bond acceptors (Lipinski definition) is 6.